The number of hydrogen-bond acceptors (Lipinski definition) is 4. The van der Waals surface area contributed by atoms with Crippen molar-refractivity contribution in [2.75, 3.05) is 51.6 Å². The second kappa shape index (κ2) is 12.8. The Bertz CT molecular complexity index is 535. The molecule has 2 aliphatic rings. The van der Waals surface area contributed by atoms with Crippen LogP contribution < -0.4 is 10.6 Å². The molecule has 1 aromatic rings. The standard InChI is InChI=1S/C18H28N4O.3ClH/c1-21-7-9-22(10-8-21)14-16-3-2-4-17(11-16)20-18(23)13-19-12-15-5-6-15;;;/h2-4,11,15,19H,5-10,12-14H2,1H3,(H,20,23);3*1H. The molecule has 1 aromatic carbocycles. The van der Waals surface area contributed by atoms with Crippen molar-refractivity contribution in [2.24, 2.45) is 5.92 Å². The van der Waals surface area contributed by atoms with E-state index < -0.39 is 0 Å². The van der Waals surface area contributed by atoms with Crippen LogP contribution in [-0.2, 0) is 11.3 Å². The first-order valence-corrected chi connectivity index (χ1v) is 8.69. The molecule has 0 unspecified atom stereocenters. The lowest BCUT2D eigenvalue weighted by atomic mass is 10.1. The average molecular weight is 426 g/mol. The Labute approximate surface area is 175 Å². The molecule has 0 aromatic heterocycles. The van der Waals surface area contributed by atoms with Gasteiger partial charge in [-0.25, -0.2) is 0 Å². The molecule has 2 fully saturated rings. The first kappa shape index (κ1) is 25.4. The maximum absolute atomic E-state index is 12.0. The van der Waals surface area contributed by atoms with E-state index in [0.29, 0.717) is 6.54 Å². The minimum absolute atomic E-state index is 0. The Morgan fingerprint density at radius 1 is 1.12 bits per heavy atom. The van der Waals surface area contributed by atoms with Crippen molar-refractivity contribution in [3.63, 3.8) is 0 Å². The van der Waals surface area contributed by atoms with Crippen molar-refractivity contribution in [2.45, 2.75) is 19.4 Å². The van der Waals surface area contributed by atoms with Crippen molar-refractivity contribution in [3.8, 4) is 0 Å². The lowest BCUT2D eigenvalue weighted by Gasteiger charge is -2.32. The van der Waals surface area contributed by atoms with Gasteiger partial charge in [0, 0.05) is 38.4 Å². The van der Waals surface area contributed by atoms with Crippen molar-refractivity contribution in [1.29, 1.82) is 0 Å². The lowest BCUT2D eigenvalue weighted by Crippen LogP contribution is -2.43. The SMILES string of the molecule is CN1CCN(Cc2cccc(NC(=O)CNCC3CC3)c2)CC1.Cl.Cl.Cl. The van der Waals surface area contributed by atoms with Gasteiger partial charge in [-0.1, -0.05) is 12.1 Å². The summed E-state index contributed by atoms with van der Waals surface area (Å²) < 4.78 is 0. The smallest absolute Gasteiger partial charge is 0.238 e. The summed E-state index contributed by atoms with van der Waals surface area (Å²) in [6, 6.07) is 8.22. The van der Waals surface area contributed by atoms with Crippen molar-refractivity contribution in [3.05, 3.63) is 29.8 Å². The molecule has 1 saturated carbocycles. The molecule has 0 spiro atoms. The van der Waals surface area contributed by atoms with Gasteiger partial charge in [0.05, 0.1) is 6.54 Å². The molecule has 0 atom stereocenters. The molecule has 0 bridgehead atoms. The zero-order valence-corrected chi connectivity index (χ0v) is 17.7. The second-order valence-electron chi connectivity index (χ2n) is 6.90. The Morgan fingerprint density at radius 3 is 2.46 bits per heavy atom. The van der Waals surface area contributed by atoms with Gasteiger partial charge >= 0.3 is 0 Å². The van der Waals surface area contributed by atoms with Crippen molar-refractivity contribution < 1.29 is 4.79 Å². The maximum Gasteiger partial charge on any atom is 0.238 e. The van der Waals surface area contributed by atoms with E-state index in [0.717, 1.165) is 50.9 Å². The highest BCUT2D eigenvalue weighted by Gasteiger charge is 2.20. The normalized spacial score (nSPS) is 17.4. The summed E-state index contributed by atoms with van der Waals surface area (Å²) in [6.07, 6.45) is 2.62. The van der Waals surface area contributed by atoms with Crippen LogP contribution in [0.5, 0.6) is 0 Å². The van der Waals surface area contributed by atoms with Gasteiger partial charge in [0.2, 0.25) is 5.91 Å². The average Bonchev–Trinajstić information content (AvgIpc) is 3.34. The van der Waals surface area contributed by atoms with E-state index in [4.69, 9.17) is 0 Å². The van der Waals surface area contributed by atoms with Gasteiger partial charge < -0.3 is 15.5 Å². The van der Waals surface area contributed by atoms with Crippen molar-refractivity contribution >= 4 is 48.8 Å². The van der Waals surface area contributed by atoms with E-state index in [2.05, 4.69) is 39.6 Å². The fraction of sp³-hybridized carbons (Fsp3) is 0.611. The Hall–Kier alpha value is -0.560. The first-order valence-electron chi connectivity index (χ1n) is 8.69. The number of amides is 1. The van der Waals surface area contributed by atoms with Crippen LogP contribution in [0.2, 0.25) is 0 Å². The van der Waals surface area contributed by atoms with Gasteiger partial charge in [0.1, 0.15) is 0 Å². The van der Waals surface area contributed by atoms with Gasteiger partial charge in [0.25, 0.3) is 0 Å². The third-order valence-electron chi connectivity index (χ3n) is 4.63. The summed E-state index contributed by atoms with van der Waals surface area (Å²) in [5, 5.41) is 6.22. The molecule has 8 heteroatoms. The summed E-state index contributed by atoms with van der Waals surface area (Å²) in [6.45, 7) is 6.80. The van der Waals surface area contributed by atoms with Crippen LogP contribution in [0.3, 0.4) is 0 Å². The van der Waals surface area contributed by atoms with Gasteiger partial charge in [-0.2, -0.15) is 0 Å². The number of carbonyl (C=O) groups is 1. The summed E-state index contributed by atoms with van der Waals surface area (Å²) in [5.41, 5.74) is 2.16. The predicted molar refractivity (Wildman–Crippen MR) is 115 cm³/mol. The van der Waals surface area contributed by atoms with Crippen LogP contribution in [0.25, 0.3) is 0 Å². The molecule has 3 rings (SSSR count). The zero-order valence-electron chi connectivity index (χ0n) is 15.3. The number of nitrogens with zero attached hydrogens (tertiary/aromatic N) is 2. The van der Waals surface area contributed by atoms with E-state index in [1.807, 2.05) is 12.1 Å². The minimum Gasteiger partial charge on any atom is -0.325 e. The molecule has 2 N–H and O–H groups in total. The van der Waals surface area contributed by atoms with E-state index in [-0.39, 0.29) is 43.1 Å². The van der Waals surface area contributed by atoms with Crippen molar-refractivity contribution in [1.82, 2.24) is 15.1 Å². The number of nitrogens with one attached hydrogen (secondary N) is 2. The number of carbonyl (C=O) groups excluding carboxylic acids is 1. The quantitative estimate of drug-likeness (QED) is 0.705. The summed E-state index contributed by atoms with van der Waals surface area (Å²) >= 11 is 0. The van der Waals surface area contributed by atoms with Crippen LogP contribution in [0.4, 0.5) is 5.69 Å². The number of anilines is 1. The van der Waals surface area contributed by atoms with Crippen LogP contribution in [-0.4, -0.2) is 62.0 Å². The molecule has 1 amide bonds. The first-order chi connectivity index (χ1) is 11.2. The van der Waals surface area contributed by atoms with E-state index in [9.17, 15) is 4.79 Å². The van der Waals surface area contributed by atoms with E-state index in [1.54, 1.807) is 0 Å². The molecule has 5 nitrogen and oxygen atoms in total. The summed E-state index contributed by atoms with van der Waals surface area (Å²) in [4.78, 5) is 16.8. The molecule has 1 aliphatic carbocycles. The molecule has 0 radical (unpaired) electrons. The largest absolute Gasteiger partial charge is 0.325 e. The van der Waals surface area contributed by atoms with Gasteiger partial charge in [0.15, 0.2) is 0 Å². The van der Waals surface area contributed by atoms with E-state index in [1.165, 1.54) is 18.4 Å². The highest BCUT2D eigenvalue weighted by atomic mass is 35.5. The molecular weight excluding hydrogens is 395 g/mol. The monoisotopic (exact) mass is 424 g/mol. The fourth-order valence-corrected chi connectivity index (χ4v) is 2.93. The summed E-state index contributed by atoms with van der Waals surface area (Å²) in [7, 11) is 2.17. The molecular formula is C18H31Cl3N4O. The fourth-order valence-electron chi connectivity index (χ4n) is 2.93. The Balaban J connectivity index is 0.00000208. The molecule has 150 valence electrons. The number of hydrogen-bond donors (Lipinski definition) is 2. The third-order valence-corrected chi connectivity index (χ3v) is 4.63. The third kappa shape index (κ3) is 8.89. The summed E-state index contributed by atoms with van der Waals surface area (Å²) in [5.74, 6) is 0.845. The number of benzene rings is 1. The van der Waals surface area contributed by atoms with Gasteiger partial charge in [-0.3, -0.25) is 9.69 Å². The highest BCUT2D eigenvalue weighted by molar-refractivity contribution is 5.92. The Kier molecular flexibility index (Phi) is 12.5. The maximum atomic E-state index is 12.0. The van der Waals surface area contributed by atoms with Crippen LogP contribution >= 0.6 is 37.2 Å². The van der Waals surface area contributed by atoms with Gasteiger partial charge in [-0.05, 0) is 50.0 Å². The van der Waals surface area contributed by atoms with Crippen LogP contribution in [0.1, 0.15) is 18.4 Å². The van der Waals surface area contributed by atoms with Crippen LogP contribution in [0, 0.1) is 5.92 Å². The lowest BCUT2D eigenvalue weighted by molar-refractivity contribution is -0.115. The number of halogens is 3. The minimum atomic E-state index is 0. The Morgan fingerprint density at radius 2 is 1.81 bits per heavy atom. The zero-order chi connectivity index (χ0) is 16.1. The van der Waals surface area contributed by atoms with Gasteiger partial charge in [-0.15, -0.1) is 37.2 Å². The molecule has 26 heavy (non-hydrogen) atoms. The highest BCUT2D eigenvalue weighted by Crippen LogP contribution is 2.27. The molecule has 1 aliphatic heterocycles. The molecule has 1 heterocycles. The number of rotatable bonds is 7. The predicted octanol–water partition coefficient (Wildman–Crippen LogP) is 2.64. The topological polar surface area (TPSA) is 47.6 Å². The second-order valence-corrected chi connectivity index (χ2v) is 6.90. The van der Waals surface area contributed by atoms with Crippen LogP contribution in [0.15, 0.2) is 24.3 Å². The number of piperazine rings is 1. The van der Waals surface area contributed by atoms with E-state index >= 15 is 0 Å². The molecule has 1 saturated heterocycles. The number of likely N-dealkylation sites (N-methyl/N-ethyl adjacent to an activating group) is 1.